The lowest BCUT2D eigenvalue weighted by Gasteiger charge is -2.11. The number of amides is 1. The van der Waals surface area contributed by atoms with Crippen molar-refractivity contribution in [2.24, 2.45) is 0 Å². The zero-order chi connectivity index (χ0) is 23.1. The molecule has 0 radical (unpaired) electrons. The van der Waals surface area contributed by atoms with Gasteiger partial charge in [-0.3, -0.25) is 19.3 Å². The maximum atomic E-state index is 12.7. The van der Waals surface area contributed by atoms with Crippen molar-refractivity contribution in [3.8, 4) is 17.0 Å². The van der Waals surface area contributed by atoms with Crippen LogP contribution in [0.1, 0.15) is 18.4 Å². The number of phenols is 1. The number of carboxylic acids is 1. The molecule has 0 aliphatic carbocycles. The maximum absolute atomic E-state index is 12.7. The monoisotopic (exact) mass is 456 g/mol. The second kappa shape index (κ2) is 9.88. The van der Waals surface area contributed by atoms with Crippen LogP contribution in [0.25, 0.3) is 11.3 Å². The molecule has 0 aliphatic rings. The summed E-state index contributed by atoms with van der Waals surface area (Å²) in [7, 11) is -3.95. The molecule has 1 amide bonds. The van der Waals surface area contributed by atoms with Crippen LogP contribution in [0.5, 0.6) is 5.75 Å². The Labute approximate surface area is 184 Å². The number of carbonyl (C=O) groups is 2. The topological polar surface area (TPSA) is 159 Å². The predicted octanol–water partition coefficient (Wildman–Crippen LogP) is 2.13. The van der Waals surface area contributed by atoms with Crippen LogP contribution in [0.3, 0.4) is 0 Å². The first-order chi connectivity index (χ1) is 15.2. The summed E-state index contributed by atoms with van der Waals surface area (Å²) in [6.07, 6.45) is 2.46. The number of nitrogens with zero attached hydrogens (tertiary/aromatic N) is 2. The van der Waals surface area contributed by atoms with E-state index in [2.05, 4.69) is 20.0 Å². The molecule has 4 N–H and O–H groups in total. The first kappa shape index (κ1) is 22.7. The normalized spacial score (nSPS) is 11.0. The number of hydrogen-bond acceptors (Lipinski definition) is 7. The van der Waals surface area contributed by atoms with Crippen molar-refractivity contribution >= 4 is 27.7 Å². The Balaban J connectivity index is 1.73. The number of anilines is 1. The van der Waals surface area contributed by atoms with Crippen LogP contribution in [0.4, 0.5) is 5.82 Å². The van der Waals surface area contributed by atoms with E-state index in [1.54, 1.807) is 24.3 Å². The van der Waals surface area contributed by atoms with E-state index < -0.39 is 16.0 Å². The zero-order valence-electron chi connectivity index (χ0n) is 16.7. The Kier molecular flexibility index (Phi) is 7.00. The summed E-state index contributed by atoms with van der Waals surface area (Å²) >= 11 is 0. The number of aromatic hydroxyl groups is 1. The fraction of sp³-hybridized carbons (Fsp3) is 0.143. The number of benzene rings is 2. The number of sulfonamides is 1. The minimum Gasteiger partial charge on any atom is -0.508 e. The second-order valence-corrected chi connectivity index (χ2v) is 8.40. The number of aromatic nitrogens is 2. The molecule has 0 unspecified atom stereocenters. The average Bonchev–Trinajstić information content (AvgIpc) is 2.77. The summed E-state index contributed by atoms with van der Waals surface area (Å²) in [4.78, 5) is 30.4. The Bertz CT molecular complexity index is 1210. The molecule has 1 aromatic heterocycles. The number of phenolic OH excluding ortho intramolecular Hbond substituents is 1. The SMILES string of the molecule is O=C(O)CCC(=O)NCc1ccc(-c2nccnc2NS(=O)(=O)c2ccc(O)cc2)cc1. The van der Waals surface area contributed by atoms with Crippen LogP contribution >= 0.6 is 0 Å². The highest BCUT2D eigenvalue weighted by Gasteiger charge is 2.18. The molecule has 3 rings (SSSR count). The third kappa shape index (κ3) is 6.01. The third-order valence-electron chi connectivity index (χ3n) is 4.36. The molecule has 1 heterocycles. The van der Waals surface area contributed by atoms with E-state index in [-0.39, 0.29) is 41.8 Å². The Morgan fingerprint density at radius 3 is 2.22 bits per heavy atom. The summed E-state index contributed by atoms with van der Waals surface area (Å²) in [6.45, 7) is 0.222. The number of rotatable bonds is 9. The van der Waals surface area contributed by atoms with E-state index in [0.29, 0.717) is 11.3 Å². The smallest absolute Gasteiger partial charge is 0.303 e. The van der Waals surface area contributed by atoms with Crippen molar-refractivity contribution in [3.05, 3.63) is 66.5 Å². The summed E-state index contributed by atoms with van der Waals surface area (Å²) in [5.74, 6) is -1.42. The van der Waals surface area contributed by atoms with E-state index >= 15 is 0 Å². The van der Waals surface area contributed by atoms with Crippen LogP contribution in [-0.4, -0.2) is 40.5 Å². The van der Waals surface area contributed by atoms with Gasteiger partial charge in [0, 0.05) is 30.9 Å². The van der Waals surface area contributed by atoms with Crippen molar-refractivity contribution in [2.45, 2.75) is 24.3 Å². The van der Waals surface area contributed by atoms with Crippen molar-refractivity contribution in [3.63, 3.8) is 0 Å². The molecule has 166 valence electrons. The lowest BCUT2D eigenvalue weighted by molar-refractivity contribution is -0.138. The van der Waals surface area contributed by atoms with Gasteiger partial charge < -0.3 is 15.5 Å². The van der Waals surface area contributed by atoms with E-state index in [4.69, 9.17) is 5.11 Å². The Hall–Kier alpha value is -3.99. The lowest BCUT2D eigenvalue weighted by atomic mass is 10.1. The predicted molar refractivity (Wildman–Crippen MR) is 115 cm³/mol. The molecular weight excluding hydrogens is 436 g/mol. The third-order valence-corrected chi connectivity index (χ3v) is 5.71. The van der Waals surface area contributed by atoms with Gasteiger partial charge in [0.15, 0.2) is 5.82 Å². The van der Waals surface area contributed by atoms with Gasteiger partial charge in [-0.1, -0.05) is 24.3 Å². The summed E-state index contributed by atoms with van der Waals surface area (Å²) in [6, 6.07) is 12.0. The quantitative estimate of drug-likeness (QED) is 0.381. The highest BCUT2D eigenvalue weighted by molar-refractivity contribution is 7.92. The van der Waals surface area contributed by atoms with E-state index in [9.17, 15) is 23.1 Å². The molecular formula is C21H20N4O6S. The zero-order valence-corrected chi connectivity index (χ0v) is 17.5. The van der Waals surface area contributed by atoms with E-state index in [0.717, 1.165) is 5.56 Å². The first-order valence-corrected chi connectivity index (χ1v) is 10.9. The molecule has 10 nitrogen and oxygen atoms in total. The largest absolute Gasteiger partial charge is 0.508 e. The molecule has 2 aromatic carbocycles. The van der Waals surface area contributed by atoms with Crippen molar-refractivity contribution in [2.75, 3.05) is 4.72 Å². The van der Waals surface area contributed by atoms with Crippen LogP contribution < -0.4 is 10.0 Å². The van der Waals surface area contributed by atoms with Gasteiger partial charge in [-0.05, 0) is 29.8 Å². The first-order valence-electron chi connectivity index (χ1n) is 9.45. The molecule has 0 bridgehead atoms. The standard InChI is InChI=1S/C21H20N4O6S/c26-16-5-7-17(8-6-16)32(30,31)25-21-20(22-11-12-23-21)15-3-1-14(2-4-15)13-24-18(27)9-10-19(28)29/h1-8,11-12,26H,9-10,13H2,(H,23,25)(H,24,27)(H,28,29). The van der Waals surface area contributed by atoms with E-state index in [1.807, 2.05) is 0 Å². The number of nitrogens with one attached hydrogen (secondary N) is 2. The molecule has 0 fully saturated rings. The summed E-state index contributed by atoms with van der Waals surface area (Å²) in [5, 5.41) is 20.6. The van der Waals surface area contributed by atoms with Gasteiger partial charge >= 0.3 is 5.97 Å². The lowest BCUT2D eigenvalue weighted by Crippen LogP contribution is -2.23. The maximum Gasteiger partial charge on any atom is 0.303 e. The average molecular weight is 456 g/mol. The van der Waals surface area contributed by atoms with Crippen molar-refractivity contribution < 1.29 is 28.2 Å². The molecule has 3 aromatic rings. The fourth-order valence-electron chi connectivity index (χ4n) is 2.73. The minimum atomic E-state index is -3.95. The minimum absolute atomic E-state index is 0.0373. The van der Waals surface area contributed by atoms with Gasteiger partial charge in [0.2, 0.25) is 5.91 Å². The number of carboxylic acid groups (broad SMARTS) is 1. The van der Waals surface area contributed by atoms with E-state index in [1.165, 1.54) is 36.7 Å². The van der Waals surface area contributed by atoms with Gasteiger partial charge in [-0.25, -0.2) is 13.4 Å². The molecule has 0 saturated carbocycles. The molecule has 0 aliphatic heterocycles. The van der Waals surface area contributed by atoms with Crippen LogP contribution in [0, 0.1) is 0 Å². The molecule has 32 heavy (non-hydrogen) atoms. The Morgan fingerprint density at radius 2 is 1.56 bits per heavy atom. The van der Waals surface area contributed by atoms with Gasteiger partial charge in [0.05, 0.1) is 11.3 Å². The Morgan fingerprint density at radius 1 is 0.906 bits per heavy atom. The summed E-state index contributed by atoms with van der Waals surface area (Å²) in [5.41, 5.74) is 1.68. The number of carbonyl (C=O) groups excluding carboxylic acids is 1. The van der Waals surface area contributed by atoms with Gasteiger partial charge in [-0.15, -0.1) is 0 Å². The molecule has 11 heteroatoms. The highest BCUT2D eigenvalue weighted by atomic mass is 32.2. The van der Waals surface area contributed by atoms with Gasteiger partial charge in [-0.2, -0.15) is 0 Å². The van der Waals surface area contributed by atoms with Gasteiger partial charge in [0.25, 0.3) is 10.0 Å². The summed E-state index contributed by atoms with van der Waals surface area (Å²) < 4.78 is 27.7. The molecule has 0 atom stereocenters. The molecule has 0 saturated heterocycles. The van der Waals surface area contributed by atoms with Gasteiger partial charge in [0.1, 0.15) is 11.4 Å². The second-order valence-electron chi connectivity index (χ2n) is 6.72. The number of aliphatic carboxylic acids is 1. The van der Waals surface area contributed by atoms with Crippen LogP contribution in [-0.2, 0) is 26.2 Å². The van der Waals surface area contributed by atoms with Crippen LogP contribution in [0.15, 0.2) is 65.8 Å². The number of hydrogen-bond donors (Lipinski definition) is 4. The fourth-order valence-corrected chi connectivity index (χ4v) is 3.74. The van der Waals surface area contributed by atoms with Crippen molar-refractivity contribution in [1.82, 2.24) is 15.3 Å². The van der Waals surface area contributed by atoms with Crippen LogP contribution in [0.2, 0.25) is 0 Å². The van der Waals surface area contributed by atoms with Crippen molar-refractivity contribution in [1.29, 1.82) is 0 Å². The molecule has 0 spiro atoms. The highest BCUT2D eigenvalue weighted by Crippen LogP contribution is 2.26.